The Morgan fingerprint density at radius 3 is 2.41 bits per heavy atom. The van der Waals surface area contributed by atoms with Gasteiger partial charge in [-0.25, -0.2) is 4.39 Å². The third kappa shape index (κ3) is 8.49. The van der Waals surface area contributed by atoms with Crippen LogP contribution in [0.3, 0.4) is 0 Å². The Hall–Kier alpha value is -6.27. The highest BCUT2D eigenvalue weighted by molar-refractivity contribution is 6.30. The number of amides is 5. The second-order valence-electron chi connectivity index (χ2n) is 20.1. The fourth-order valence-corrected chi connectivity index (χ4v) is 11.7. The number of ether oxygens (including phenoxy) is 1. The highest BCUT2D eigenvalue weighted by Gasteiger charge is 2.65. The Morgan fingerprint density at radius 1 is 1.00 bits per heavy atom. The van der Waals surface area contributed by atoms with Gasteiger partial charge >= 0.3 is 6.18 Å². The van der Waals surface area contributed by atoms with Gasteiger partial charge in [0.05, 0.1) is 23.9 Å². The third-order valence-electron chi connectivity index (χ3n) is 14.8. The lowest BCUT2D eigenvalue weighted by Gasteiger charge is -2.41. The molecule has 4 aromatic rings. The van der Waals surface area contributed by atoms with Gasteiger partial charge in [0.25, 0.3) is 11.8 Å². The number of hydrogen-bond acceptors (Lipinski definition) is 10. The quantitative estimate of drug-likeness (QED) is 0.130. The van der Waals surface area contributed by atoms with Gasteiger partial charge in [0.2, 0.25) is 17.7 Å². The van der Waals surface area contributed by atoms with Gasteiger partial charge in [-0.3, -0.25) is 39.2 Å². The van der Waals surface area contributed by atoms with Crippen molar-refractivity contribution in [3.8, 4) is 5.75 Å². The van der Waals surface area contributed by atoms with E-state index >= 15 is 9.18 Å². The molecule has 1 spiro atoms. The molecule has 5 aliphatic heterocycles. The maximum absolute atomic E-state index is 16.6. The van der Waals surface area contributed by atoms with E-state index in [0.717, 1.165) is 17.3 Å². The average Bonchev–Trinajstić information content (AvgIpc) is 3.91. The number of carbonyl (C=O) groups excluding carboxylic acids is 5. The van der Waals surface area contributed by atoms with Crippen molar-refractivity contribution in [2.24, 2.45) is 5.41 Å². The van der Waals surface area contributed by atoms with E-state index in [2.05, 4.69) is 20.5 Å². The van der Waals surface area contributed by atoms with Crippen molar-refractivity contribution in [2.75, 3.05) is 68.5 Å². The summed E-state index contributed by atoms with van der Waals surface area (Å²) < 4.78 is 64.9. The van der Waals surface area contributed by atoms with Gasteiger partial charge in [-0.05, 0) is 91.9 Å². The van der Waals surface area contributed by atoms with Crippen LogP contribution in [0.15, 0.2) is 66.9 Å². The molecule has 5 amide bonds. The lowest BCUT2D eigenvalue weighted by molar-refractivity contribution is -0.141. The molecule has 0 unspecified atom stereocenters. The van der Waals surface area contributed by atoms with Crippen LogP contribution >= 0.6 is 11.6 Å². The van der Waals surface area contributed by atoms with Crippen LogP contribution in [-0.4, -0.2) is 121 Å². The Balaban J connectivity index is 0.959. The van der Waals surface area contributed by atoms with Crippen molar-refractivity contribution in [3.05, 3.63) is 111 Å². The Kier molecular flexibility index (Phi) is 12.6. The molecule has 14 nitrogen and oxygen atoms in total. The van der Waals surface area contributed by atoms with Gasteiger partial charge < -0.3 is 29.7 Å². The molecule has 5 atom stereocenters. The number of fused-ring (bicyclic) bond motifs is 3. The number of nitrogens with zero attached hydrogens (tertiary/aromatic N) is 6. The van der Waals surface area contributed by atoms with E-state index in [1.807, 2.05) is 49.6 Å². The minimum absolute atomic E-state index is 0.149. The van der Waals surface area contributed by atoms with E-state index in [1.165, 1.54) is 24.3 Å². The number of carbonyl (C=O) groups is 5. The number of nitrogens with one attached hydrogen (secondary N) is 2. The Morgan fingerprint density at radius 2 is 1.74 bits per heavy atom. The molecule has 3 aromatic carbocycles. The number of likely N-dealkylation sites (N-methyl/N-ethyl adjacent to an activating group) is 2. The van der Waals surface area contributed by atoms with Crippen LogP contribution in [0.4, 0.5) is 34.6 Å². The smallest absolute Gasteiger partial charge is 0.433 e. The number of rotatable bonds is 9. The third-order valence-corrected chi connectivity index (χ3v) is 15.1. The monoisotopic (exact) mass is 986 g/mol. The lowest BCUT2D eigenvalue weighted by atomic mass is 9.63. The van der Waals surface area contributed by atoms with Crippen molar-refractivity contribution < 1.29 is 46.3 Å². The SMILES string of the molecule is CCN1C[C@]2(c3cnc(C(F)(F)F)cc31)[C@H](CC(C)(C)C)N(C)[C@@H](C(=O)Nc1ccc(C(=O)N3CCN(c4ccc5c(c4)CN([C@H]4CCC(=O)NC4=O)C5=O)CC3)cc1OC)[C@@H]2c1cccc(Cl)c1F. The minimum Gasteiger partial charge on any atom is -0.495 e. The van der Waals surface area contributed by atoms with Crippen LogP contribution in [-0.2, 0) is 32.5 Å². The van der Waals surface area contributed by atoms with Crippen molar-refractivity contribution in [2.45, 2.75) is 89.1 Å². The van der Waals surface area contributed by atoms with E-state index in [4.69, 9.17) is 16.3 Å². The molecule has 3 saturated heterocycles. The number of piperidine rings is 1. The van der Waals surface area contributed by atoms with Crippen LogP contribution in [0, 0.1) is 11.2 Å². The zero-order valence-electron chi connectivity index (χ0n) is 39.8. The summed E-state index contributed by atoms with van der Waals surface area (Å²) in [4.78, 5) is 79.7. The Labute approximate surface area is 408 Å². The molecule has 19 heteroatoms. The predicted octanol–water partition coefficient (Wildman–Crippen LogP) is 7.24. The molecule has 70 heavy (non-hydrogen) atoms. The second kappa shape index (κ2) is 18.2. The van der Waals surface area contributed by atoms with E-state index in [1.54, 1.807) is 48.3 Å². The topological polar surface area (TPSA) is 148 Å². The summed E-state index contributed by atoms with van der Waals surface area (Å²) in [5.41, 5.74) is 1.19. The van der Waals surface area contributed by atoms with Gasteiger partial charge in [0, 0.05) is 104 Å². The first kappa shape index (κ1) is 48.7. The number of piperazine rings is 1. The number of likely N-dealkylation sites (tertiary alicyclic amines) is 1. The predicted molar refractivity (Wildman–Crippen MR) is 255 cm³/mol. The number of benzene rings is 3. The number of alkyl halides is 3. The number of hydrogen-bond donors (Lipinski definition) is 2. The molecule has 2 N–H and O–H groups in total. The fraction of sp³-hybridized carbons (Fsp3) is 0.451. The molecular weight excluding hydrogens is 932 g/mol. The highest BCUT2D eigenvalue weighted by atomic mass is 35.5. The average molecular weight is 987 g/mol. The molecule has 0 radical (unpaired) electrons. The van der Waals surface area contributed by atoms with E-state index < -0.39 is 59.0 Å². The van der Waals surface area contributed by atoms with Crippen LogP contribution < -0.4 is 25.2 Å². The minimum atomic E-state index is -4.71. The van der Waals surface area contributed by atoms with Gasteiger partial charge in [-0.15, -0.1) is 0 Å². The molecule has 3 fully saturated rings. The largest absolute Gasteiger partial charge is 0.495 e. The van der Waals surface area contributed by atoms with Crippen molar-refractivity contribution >= 4 is 58.2 Å². The molecule has 0 aliphatic carbocycles. The molecule has 9 rings (SSSR count). The van der Waals surface area contributed by atoms with Crippen molar-refractivity contribution in [1.82, 2.24) is 25.0 Å². The van der Waals surface area contributed by atoms with E-state index in [-0.39, 0.29) is 71.1 Å². The first-order valence-electron chi connectivity index (χ1n) is 23.4. The molecule has 0 saturated carbocycles. The maximum Gasteiger partial charge on any atom is 0.433 e. The number of halogens is 5. The second-order valence-corrected chi connectivity index (χ2v) is 20.5. The highest BCUT2D eigenvalue weighted by Crippen LogP contribution is 2.61. The van der Waals surface area contributed by atoms with Crippen LogP contribution in [0.25, 0.3) is 0 Å². The molecule has 5 aliphatic rings. The van der Waals surface area contributed by atoms with Crippen LogP contribution in [0.5, 0.6) is 5.75 Å². The van der Waals surface area contributed by atoms with Crippen molar-refractivity contribution in [3.63, 3.8) is 0 Å². The molecule has 370 valence electrons. The molecular formula is C51H55ClF4N8O6. The molecule has 0 bridgehead atoms. The zero-order chi connectivity index (χ0) is 50.2. The number of methoxy groups -OCH3 is 1. The summed E-state index contributed by atoms with van der Waals surface area (Å²) in [6, 6.07) is 13.7. The first-order chi connectivity index (χ1) is 33.1. The van der Waals surface area contributed by atoms with Gasteiger partial charge in [0.1, 0.15) is 23.3 Å². The van der Waals surface area contributed by atoms with Gasteiger partial charge in [0.15, 0.2) is 0 Å². The zero-order valence-corrected chi connectivity index (χ0v) is 40.5. The summed E-state index contributed by atoms with van der Waals surface area (Å²) >= 11 is 6.46. The van der Waals surface area contributed by atoms with Gasteiger partial charge in [-0.1, -0.05) is 44.5 Å². The van der Waals surface area contributed by atoms with Crippen LogP contribution in [0.2, 0.25) is 5.02 Å². The standard InChI is InChI=1S/C51H55ClF4N8O6/c1-7-61-27-50(33-25-57-39(23-37(33)61)51(54,55)56)40(24-49(2,3)4)60(5)44(42(50)32-9-8-10-34(52)43(32)53)46(67)58-35-14-11-28(22-38(35)70-6)47(68)63-19-17-62(18-20-63)30-12-13-31-29(21-30)26-64(48(31)69)36-15-16-41(65)59-45(36)66/h8-14,21-23,25,36,40,42,44H,7,15-20,24,26-27H2,1-6H3,(H,58,67)(H,59,65,66)/t36-,40-,42-,44+,50-/m0/s1. The molecule has 1 aromatic heterocycles. The number of imide groups is 1. The Bertz CT molecular complexity index is 2800. The number of pyridine rings is 1. The normalized spacial score (nSPS) is 23.8. The van der Waals surface area contributed by atoms with E-state index in [0.29, 0.717) is 61.5 Å². The van der Waals surface area contributed by atoms with E-state index in [9.17, 15) is 32.3 Å². The van der Waals surface area contributed by atoms with Crippen LogP contribution in [0.1, 0.15) is 96.0 Å². The summed E-state index contributed by atoms with van der Waals surface area (Å²) in [6.07, 6.45) is -2.53. The molecule has 6 heterocycles. The van der Waals surface area contributed by atoms with Gasteiger partial charge in [-0.2, -0.15) is 13.2 Å². The summed E-state index contributed by atoms with van der Waals surface area (Å²) in [5, 5.41) is 5.19. The summed E-state index contributed by atoms with van der Waals surface area (Å²) in [6.45, 7) is 10.5. The summed E-state index contributed by atoms with van der Waals surface area (Å²) in [5.74, 6) is -3.33. The number of anilines is 3. The fourth-order valence-electron chi connectivity index (χ4n) is 11.5. The van der Waals surface area contributed by atoms with Crippen molar-refractivity contribution in [1.29, 1.82) is 0 Å². The lowest BCUT2D eigenvalue weighted by Crippen LogP contribution is -2.52. The number of aromatic nitrogens is 1. The summed E-state index contributed by atoms with van der Waals surface area (Å²) in [7, 11) is 3.21. The maximum atomic E-state index is 16.6. The first-order valence-corrected chi connectivity index (χ1v) is 23.8.